The van der Waals surface area contributed by atoms with Gasteiger partial charge in [0.05, 0.1) is 5.56 Å². The van der Waals surface area contributed by atoms with Crippen molar-refractivity contribution < 1.29 is 19.1 Å². The average Bonchev–Trinajstić information content (AvgIpc) is 2.70. The second-order valence-corrected chi connectivity index (χ2v) is 5.37. The minimum atomic E-state index is -0.588. The molecule has 0 radical (unpaired) electrons. The van der Waals surface area contributed by atoms with Gasteiger partial charge in [-0.1, -0.05) is 61.2 Å². The molecule has 128 valence electrons. The van der Waals surface area contributed by atoms with Gasteiger partial charge in [0, 0.05) is 11.6 Å². The monoisotopic (exact) mass is 344 g/mol. The Kier molecular flexibility index (Phi) is 5.25. The van der Waals surface area contributed by atoms with E-state index in [1.165, 1.54) is 0 Å². The number of carbonyl (C=O) groups is 2. The van der Waals surface area contributed by atoms with Crippen molar-refractivity contribution in [3.05, 3.63) is 103 Å². The predicted molar refractivity (Wildman–Crippen MR) is 98.7 cm³/mol. The van der Waals surface area contributed by atoms with E-state index in [-0.39, 0.29) is 11.5 Å². The van der Waals surface area contributed by atoms with Crippen LogP contribution in [0.4, 0.5) is 0 Å². The Morgan fingerprint density at radius 1 is 0.731 bits per heavy atom. The van der Waals surface area contributed by atoms with E-state index in [1.807, 2.05) is 6.07 Å². The molecule has 0 atom stereocenters. The van der Waals surface area contributed by atoms with E-state index >= 15 is 0 Å². The predicted octanol–water partition coefficient (Wildman–Crippen LogP) is 4.80. The highest BCUT2D eigenvalue weighted by Gasteiger charge is 2.16. The number of ether oxygens (including phenoxy) is 2. The number of benzene rings is 3. The van der Waals surface area contributed by atoms with Crippen LogP contribution in [0.3, 0.4) is 0 Å². The van der Waals surface area contributed by atoms with Gasteiger partial charge in [-0.05, 0) is 24.3 Å². The smallest absolute Gasteiger partial charge is 0.335 e. The van der Waals surface area contributed by atoms with Crippen molar-refractivity contribution in [3.8, 4) is 17.2 Å². The molecule has 0 aromatic heterocycles. The Hall–Kier alpha value is -3.66. The van der Waals surface area contributed by atoms with E-state index < -0.39 is 5.97 Å². The summed E-state index contributed by atoms with van der Waals surface area (Å²) in [5.74, 6) is 0.218. The summed E-state index contributed by atoms with van der Waals surface area (Å²) in [6.07, 6.45) is 1.07. The topological polar surface area (TPSA) is 52.6 Å². The van der Waals surface area contributed by atoms with Crippen molar-refractivity contribution in [2.24, 2.45) is 0 Å². The quantitative estimate of drug-likeness (QED) is 0.279. The SMILES string of the molecule is C=CC(=O)Oc1ccccc1Oc1ccccc1C(=O)c1ccccc1. The maximum Gasteiger partial charge on any atom is 0.335 e. The first-order valence-electron chi connectivity index (χ1n) is 7.99. The molecule has 0 unspecified atom stereocenters. The van der Waals surface area contributed by atoms with Crippen LogP contribution in [0.1, 0.15) is 15.9 Å². The van der Waals surface area contributed by atoms with Crippen LogP contribution < -0.4 is 9.47 Å². The van der Waals surface area contributed by atoms with E-state index in [4.69, 9.17) is 9.47 Å². The highest BCUT2D eigenvalue weighted by molar-refractivity contribution is 6.10. The molecule has 3 aromatic rings. The van der Waals surface area contributed by atoms with Crippen LogP contribution in [0.5, 0.6) is 17.2 Å². The van der Waals surface area contributed by atoms with Gasteiger partial charge < -0.3 is 9.47 Å². The highest BCUT2D eigenvalue weighted by atomic mass is 16.6. The van der Waals surface area contributed by atoms with Crippen molar-refractivity contribution in [2.75, 3.05) is 0 Å². The summed E-state index contributed by atoms with van der Waals surface area (Å²) in [7, 11) is 0. The third-order valence-electron chi connectivity index (χ3n) is 3.61. The summed E-state index contributed by atoms with van der Waals surface area (Å²) in [5, 5.41) is 0. The zero-order valence-electron chi connectivity index (χ0n) is 13.9. The Balaban J connectivity index is 1.94. The Bertz CT molecular complexity index is 945. The van der Waals surface area contributed by atoms with Crippen LogP contribution in [0.25, 0.3) is 0 Å². The number of carbonyl (C=O) groups excluding carboxylic acids is 2. The minimum absolute atomic E-state index is 0.151. The highest BCUT2D eigenvalue weighted by Crippen LogP contribution is 2.33. The third kappa shape index (κ3) is 3.87. The number of esters is 1. The fraction of sp³-hybridized carbons (Fsp3) is 0. The number of ketones is 1. The van der Waals surface area contributed by atoms with Crippen molar-refractivity contribution in [1.82, 2.24) is 0 Å². The first kappa shape index (κ1) is 17.2. The molecule has 0 N–H and O–H groups in total. The largest absolute Gasteiger partial charge is 0.453 e. The molecule has 0 fully saturated rings. The lowest BCUT2D eigenvalue weighted by molar-refractivity contribution is -0.129. The summed E-state index contributed by atoms with van der Waals surface area (Å²) in [5.41, 5.74) is 0.985. The molecule has 0 aliphatic rings. The van der Waals surface area contributed by atoms with Gasteiger partial charge in [-0.3, -0.25) is 4.79 Å². The Morgan fingerprint density at radius 3 is 2.00 bits per heavy atom. The molecule has 4 nitrogen and oxygen atoms in total. The first-order chi connectivity index (χ1) is 12.7. The average molecular weight is 344 g/mol. The third-order valence-corrected chi connectivity index (χ3v) is 3.61. The fourth-order valence-electron chi connectivity index (χ4n) is 2.38. The molecular formula is C22H16O4. The van der Waals surface area contributed by atoms with Crippen LogP contribution in [-0.4, -0.2) is 11.8 Å². The lowest BCUT2D eigenvalue weighted by atomic mass is 10.0. The summed E-state index contributed by atoms with van der Waals surface area (Å²) < 4.78 is 11.1. The summed E-state index contributed by atoms with van der Waals surface area (Å²) in [4.78, 5) is 24.3. The fourth-order valence-corrected chi connectivity index (χ4v) is 2.38. The molecule has 0 bridgehead atoms. The molecule has 0 saturated heterocycles. The molecule has 0 aliphatic carbocycles. The van der Waals surface area contributed by atoms with Gasteiger partial charge in [-0.15, -0.1) is 0 Å². The second kappa shape index (κ2) is 7.94. The Morgan fingerprint density at radius 2 is 1.31 bits per heavy atom. The molecule has 0 spiro atoms. The van der Waals surface area contributed by atoms with Crippen LogP contribution in [0.15, 0.2) is 91.5 Å². The van der Waals surface area contributed by atoms with Crippen molar-refractivity contribution >= 4 is 11.8 Å². The zero-order valence-corrected chi connectivity index (χ0v) is 13.9. The first-order valence-corrected chi connectivity index (χ1v) is 7.99. The van der Waals surface area contributed by atoms with Crippen molar-refractivity contribution in [2.45, 2.75) is 0 Å². The molecule has 0 aliphatic heterocycles. The lowest BCUT2D eigenvalue weighted by Gasteiger charge is -2.13. The van der Waals surface area contributed by atoms with Crippen LogP contribution in [-0.2, 0) is 4.79 Å². The van der Waals surface area contributed by atoms with Crippen molar-refractivity contribution in [3.63, 3.8) is 0 Å². The number of hydrogen-bond donors (Lipinski definition) is 0. The van der Waals surface area contributed by atoms with Gasteiger partial charge >= 0.3 is 5.97 Å². The van der Waals surface area contributed by atoms with E-state index in [9.17, 15) is 9.59 Å². The van der Waals surface area contributed by atoms with E-state index in [0.717, 1.165) is 6.08 Å². The molecule has 26 heavy (non-hydrogen) atoms. The van der Waals surface area contributed by atoms with E-state index in [2.05, 4.69) is 6.58 Å². The van der Waals surface area contributed by atoms with Crippen molar-refractivity contribution in [1.29, 1.82) is 0 Å². The molecule has 0 amide bonds. The molecule has 3 aromatic carbocycles. The van der Waals surface area contributed by atoms with Gasteiger partial charge in [0.2, 0.25) is 0 Å². The molecule has 0 heterocycles. The van der Waals surface area contributed by atoms with Gasteiger partial charge in [0.1, 0.15) is 5.75 Å². The van der Waals surface area contributed by atoms with Gasteiger partial charge in [0.25, 0.3) is 0 Å². The number of rotatable bonds is 6. The maximum absolute atomic E-state index is 12.8. The molecule has 4 heteroatoms. The Labute approximate surface area is 151 Å². The van der Waals surface area contributed by atoms with Gasteiger partial charge in [0.15, 0.2) is 17.3 Å². The zero-order chi connectivity index (χ0) is 18.4. The number of para-hydroxylation sites is 3. The summed E-state index contributed by atoms with van der Waals surface area (Å²) in [6, 6.07) is 22.6. The second-order valence-electron chi connectivity index (χ2n) is 5.37. The van der Waals surface area contributed by atoms with Crippen LogP contribution in [0, 0.1) is 0 Å². The van der Waals surface area contributed by atoms with E-state index in [1.54, 1.807) is 72.8 Å². The standard InChI is InChI=1S/C22H16O4/c1-2-21(23)26-20-15-9-8-14-19(20)25-18-13-7-6-12-17(18)22(24)16-10-4-3-5-11-16/h2-15H,1H2. The summed E-state index contributed by atoms with van der Waals surface area (Å²) >= 11 is 0. The minimum Gasteiger partial charge on any atom is -0.453 e. The molecule has 3 rings (SSSR count). The summed E-state index contributed by atoms with van der Waals surface area (Å²) in [6.45, 7) is 3.38. The normalized spacial score (nSPS) is 10.0. The maximum atomic E-state index is 12.8. The number of hydrogen-bond acceptors (Lipinski definition) is 4. The van der Waals surface area contributed by atoms with Gasteiger partial charge in [-0.2, -0.15) is 0 Å². The molecular weight excluding hydrogens is 328 g/mol. The molecule has 0 saturated carbocycles. The van der Waals surface area contributed by atoms with E-state index in [0.29, 0.717) is 22.6 Å². The van der Waals surface area contributed by atoms with Gasteiger partial charge in [-0.25, -0.2) is 4.79 Å². The van der Waals surface area contributed by atoms with Crippen LogP contribution in [0.2, 0.25) is 0 Å². The lowest BCUT2D eigenvalue weighted by Crippen LogP contribution is -2.06. The van der Waals surface area contributed by atoms with Crippen LogP contribution >= 0.6 is 0 Å².